The Morgan fingerprint density at radius 3 is 2.45 bits per heavy atom. The molecule has 1 unspecified atom stereocenters. The van der Waals surface area contributed by atoms with Crippen LogP contribution in [0.5, 0.6) is 0 Å². The topological polar surface area (TPSA) is 42.1 Å². The van der Waals surface area contributed by atoms with E-state index in [1.807, 2.05) is 12.4 Å². The summed E-state index contributed by atoms with van der Waals surface area (Å²) in [4.78, 5) is 6.48. The molecule has 2 N–H and O–H groups in total. The van der Waals surface area contributed by atoms with Gasteiger partial charge in [-0.2, -0.15) is 0 Å². The van der Waals surface area contributed by atoms with Crippen LogP contribution in [0.25, 0.3) is 0 Å². The molecule has 20 heavy (non-hydrogen) atoms. The van der Waals surface area contributed by atoms with Gasteiger partial charge < -0.3 is 10.6 Å². The van der Waals surface area contributed by atoms with Gasteiger partial charge >= 0.3 is 0 Å². The van der Waals surface area contributed by atoms with E-state index in [9.17, 15) is 0 Å². The van der Waals surface area contributed by atoms with E-state index < -0.39 is 0 Å². The fourth-order valence-corrected chi connectivity index (χ4v) is 2.63. The van der Waals surface area contributed by atoms with Gasteiger partial charge in [0.2, 0.25) is 0 Å². The molecule has 0 aromatic carbocycles. The molecular formula is C17H31N3. The molecule has 1 aromatic heterocycles. The summed E-state index contributed by atoms with van der Waals surface area (Å²) >= 11 is 0. The van der Waals surface area contributed by atoms with Crippen molar-refractivity contribution in [2.45, 2.75) is 39.5 Å². The highest BCUT2D eigenvalue weighted by Crippen LogP contribution is 2.20. The first kappa shape index (κ1) is 17.1. The normalized spacial score (nSPS) is 13.1. The summed E-state index contributed by atoms with van der Waals surface area (Å²) in [7, 11) is 2.22. The van der Waals surface area contributed by atoms with E-state index in [1.165, 1.54) is 31.4 Å². The number of nitrogens with two attached hydrogens (primary N) is 1. The fourth-order valence-electron chi connectivity index (χ4n) is 2.63. The highest BCUT2D eigenvalue weighted by molar-refractivity contribution is 5.09. The van der Waals surface area contributed by atoms with Crippen molar-refractivity contribution >= 4 is 0 Å². The van der Waals surface area contributed by atoms with Crippen LogP contribution in [0.1, 0.15) is 38.7 Å². The molecule has 3 nitrogen and oxygen atoms in total. The van der Waals surface area contributed by atoms with Crippen LogP contribution in [0.2, 0.25) is 0 Å². The monoisotopic (exact) mass is 277 g/mol. The van der Waals surface area contributed by atoms with Crippen molar-refractivity contribution < 1.29 is 0 Å². The Bertz CT molecular complexity index is 337. The molecule has 0 saturated heterocycles. The molecule has 0 fully saturated rings. The van der Waals surface area contributed by atoms with Crippen molar-refractivity contribution in [3.05, 3.63) is 30.1 Å². The minimum atomic E-state index is 0.751. The maximum Gasteiger partial charge on any atom is 0.0270 e. The summed E-state index contributed by atoms with van der Waals surface area (Å²) in [5, 5.41) is 0. The molecule has 1 rings (SSSR count). The molecule has 0 aliphatic carbocycles. The predicted molar refractivity (Wildman–Crippen MR) is 86.7 cm³/mol. The van der Waals surface area contributed by atoms with Gasteiger partial charge in [0, 0.05) is 18.9 Å². The lowest BCUT2D eigenvalue weighted by atomic mass is 9.88. The molecule has 0 bridgehead atoms. The second-order valence-electron chi connectivity index (χ2n) is 6.13. The Morgan fingerprint density at radius 2 is 1.85 bits per heavy atom. The zero-order valence-electron chi connectivity index (χ0n) is 13.4. The van der Waals surface area contributed by atoms with Crippen LogP contribution in [0.15, 0.2) is 24.5 Å². The van der Waals surface area contributed by atoms with Gasteiger partial charge in [-0.15, -0.1) is 0 Å². The van der Waals surface area contributed by atoms with E-state index in [0.717, 1.165) is 31.3 Å². The van der Waals surface area contributed by atoms with Gasteiger partial charge in [0.05, 0.1) is 0 Å². The van der Waals surface area contributed by atoms with Crippen LogP contribution in [0.3, 0.4) is 0 Å². The standard InChI is InChI=1S/C17H31N3/c1-15(2)17(6-10-18)5-4-13-20(3)14-9-16-7-11-19-12-8-16/h7-8,11-12,15,17H,4-6,9-10,13-14,18H2,1-3H3. The molecular weight excluding hydrogens is 246 g/mol. The summed E-state index contributed by atoms with van der Waals surface area (Å²) in [5.41, 5.74) is 7.07. The summed E-state index contributed by atoms with van der Waals surface area (Å²) in [6.07, 6.45) is 8.59. The Kier molecular flexibility index (Phi) is 8.47. The number of aromatic nitrogens is 1. The molecule has 0 amide bonds. The zero-order valence-corrected chi connectivity index (χ0v) is 13.4. The quantitative estimate of drug-likeness (QED) is 0.715. The predicted octanol–water partition coefficient (Wildman–Crippen LogP) is 2.96. The van der Waals surface area contributed by atoms with Crippen molar-refractivity contribution in [1.29, 1.82) is 0 Å². The number of rotatable bonds is 10. The third-order valence-electron chi connectivity index (χ3n) is 4.13. The Hall–Kier alpha value is -0.930. The van der Waals surface area contributed by atoms with Gasteiger partial charge in [0.15, 0.2) is 0 Å². The van der Waals surface area contributed by atoms with Crippen molar-refractivity contribution in [3.8, 4) is 0 Å². The van der Waals surface area contributed by atoms with Gasteiger partial charge in [0.25, 0.3) is 0 Å². The Morgan fingerprint density at radius 1 is 1.15 bits per heavy atom. The molecule has 1 atom stereocenters. The molecule has 0 saturated carbocycles. The number of hydrogen-bond donors (Lipinski definition) is 1. The van der Waals surface area contributed by atoms with Gasteiger partial charge in [0.1, 0.15) is 0 Å². The summed E-state index contributed by atoms with van der Waals surface area (Å²) < 4.78 is 0. The minimum absolute atomic E-state index is 0.751. The lowest BCUT2D eigenvalue weighted by Gasteiger charge is -2.22. The average Bonchev–Trinajstić information content (AvgIpc) is 2.45. The molecule has 0 radical (unpaired) electrons. The largest absolute Gasteiger partial charge is 0.330 e. The third-order valence-corrected chi connectivity index (χ3v) is 4.13. The molecule has 114 valence electrons. The lowest BCUT2D eigenvalue weighted by Crippen LogP contribution is -2.24. The van der Waals surface area contributed by atoms with Gasteiger partial charge in [-0.3, -0.25) is 4.98 Å². The fraction of sp³-hybridized carbons (Fsp3) is 0.706. The van der Waals surface area contributed by atoms with E-state index in [-0.39, 0.29) is 0 Å². The van der Waals surface area contributed by atoms with Crippen LogP contribution >= 0.6 is 0 Å². The minimum Gasteiger partial charge on any atom is -0.330 e. The first-order valence-electron chi connectivity index (χ1n) is 7.91. The highest BCUT2D eigenvalue weighted by Gasteiger charge is 2.12. The highest BCUT2D eigenvalue weighted by atomic mass is 15.1. The first-order chi connectivity index (χ1) is 9.63. The molecule has 0 aliphatic heterocycles. The molecule has 1 heterocycles. The van der Waals surface area contributed by atoms with Crippen LogP contribution in [-0.2, 0) is 6.42 Å². The zero-order chi connectivity index (χ0) is 14.8. The van der Waals surface area contributed by atoms with E-state index in [1.54, 1.807) is 0 Å². The number of likely N-dealkylation sites (N-methyl/N-ethyl adjacent to an activating group) is 1. The van der Waals surface area contributed by atoms with Crippen molar-refractivity contribution in [3.63, 3.8) is 0 Å². The maximum atomic E-state index is 5.70. The molecule has 1 aromatic rings. The molecule has 0 spiro atoms. The van der Waals surface area contributed by atoms with Gasteiger partial charge in [-0.1, -0.05) is 13.8 Å². The lowest BCUT2D eigenvalue weighted by molar-refractivity contribution is 0.284. The van der Waals surface area contributed by atoms with Crippen molar-refractivity contribution in [2.75, 3.05) is 26.7 Å². The second kappa shape index (κ2) is 9.89. The van der Waals surface area contributed by atoms with Crippen LogP contribution < -0.4 is 5.73 Å². The first-order valence-corrected chi connectivity index (χ1v) is 7.91. The second-order valence-corrected chi connectivity index (χ2v) is 6.13. The average molecular weight is 277 g/mol. The number of hydrogen-bond acceptors (Lipinski definition) is 3. The van der Waals surface area contributed by atoms with E-state index >= 15 is 0 Å². The van der Waals surface area contributed by atoms with Crippen molar-refractivity contribution in [1.82, 2.24) is 9.88 Å². The number of pyridine rings is 1. The van der Waals surface area contributed by atoms with E-state index in [4.69, 9.17) is 5.73 Å². The number of nitrogens with zero attached hydrogens (tertiary/aromatic N) is 2. The van der Waals surface area contributed by atoms with Crippen LogP contribution in [0.4, 0.5) is 0 Å². The summed E-state index contributed by atoms with van der Waals surface area (Å²) in [6, 6.07) is 4.20. The van der Waals surface area contributed by atoms with E-state index in [2.05, 4.69) is 42.9 Å². The third kappa shape index (κ3) is 7.01. The Labute approximate surface area is 124 Å². The van der Waals surface area contributed by atoms with Gasteiger partial charge in [-0.25, -0.2) is 0 Å². The maximum absolute atomic E-state index is 5.70. The summed E-state index contributed by atoms with van der Waals surface area (Å²) in [6.45, 7) is 7.74. The Balaban J connectivity index is 2.17. The molecule has 0 aliphatic rings. The van der Waals surface area contributed by atoms with E-state index in [0.29, 0.717) is 0 Å². The SMILES string of the molecule is CC(C)C(CCN)CCCN(C)CCc1ccncc1. The van der Waals surface area contributed by atoms with Crippen LogP contribution in [-0.4, -0.2) is 36.6 Å². The van der Waals surface area contributed by atoms with Crippen LogP contribution in [0, 0.1) is 11.8 Å². The van der Waals surface area contributed by atoms with Gasteiger partial charge in [-0.05, 0) is 75.4 Å². The summed E-state index contributed by atoms with van der Waals surface area (Å²) in [5.74, 6) is 1.54. The molecule has 3 heteroatoms. The van der Waals surface area contributed by atoms with Crippen molar-refractivity contribution in [2.24, 2.45) is 17.6 Å². The smallest absolute Gasteiger partial charge is 0.0270 e.